The van der Waals surface area contributed by atoms with Crippen molar-refractivity contribution in [1.82, 2.24) is 4.90 Å². The lowest BCUT2D eigenvalue weighted by Crippen LogP contribution is -2.37. The van der Waals surface area contributed by atoms with Gasteiger partial charge in [-0.3, -0.25) is 4.90 Å². The Kier molecular flexibility index (Phi) is 6.90. The minimum Gasteiger partial charge on any atom is -0.329 e. The predicted molar refractivity (Wildman–Crippen MR) is 87.9 cm³/mol. The monoisotopic (exact) mass is 280 g/mol. The van der Waals surface area contributed by atoms with Gasteiger partial charge in [0.05, 0.1) is 0 Å². The lowest BCUT2D eigenvalue weighted by atomic mass is 9.97. The summed E-state index contributed by atoms with van der Waals surface area (Å²) < 4.78 is 0. The topological polar surface area (TPSA) is 29.3 Å². The fraction of sp³-hybridized carbons (Fsp3) is 0.625. The molecule has 3 heteroatoms. The highest BCUT2D eigenvalue weighted by Crippen LogP contribution is 2.25. The highest BCUT2D eigenvalue weighted by atomic mass is 32.2. The number of hydrogen-bond acceptors (Lipinski definition) is 3. The first kappa shape index (κ1) is 16.5. The van der Waals surface area contributed by atoms with Gasteiger partial charge in [0.25, 0.3) is 0 Å². The van der Waals surface area contributed by atoms with Crippen LogP contribution in [0.2, 0.25) is 0 Å². The van der Waals surface area contributed by atoms with Crippen molar-refractivity contribution >= 4 is 11.8 Å². The van der Waals surface area contributed by atoms with Crippen LogP contribution in [0.25, 0.3) is 0 Å². The smallest absolute Gasteiger partial charge is 0.0472 e. The van der Waals surface area contributed by atoms with Gasteiger partial charge in [-0.2, -0.15) is 11.8 Å². The Morgan fingerprint density at radius 3 is 2.53 bits per heavy atom. The van der Waals surface area contributed by atoms with Crippen LogP contribution in [0.5, 0.6) is 0 Å². The van der Waals surface area contributed by atoms with Gasteiger partial charge in [-0.15, -0.1) is 0 Å². The average molecular weight is 280 g/mol. The zero-order valence-corrected chi connectivity index (χ0v) is 13.8. The normalized spacial score (nSPS) is 14.7. The van der Waals surface area contributed by atoms with Gasteiger partial charge in [-0.1, -0.05) is 23.8 Å². The van der Waals surface area contributed by atoms with Crippen LogP contribution in [0.1, 0.15) is 36.1 Å². The maximum atomic E-state index is 6.03. The van der Waals surface area contributed by atoms with Crippen LogP contribution in [0, 0.1) is 13.8 Å². The lowest BCUT2D eigenvalue weighted by Gasteiger charge is -2.33. The van der Waals surface area contributed by atoms with Crippen molar-refractivity contribution in [3.8, 4) is 0 Å². The molecule has 2 atom stereocenters. The van der Waals surface area contributed by atoms with Crippen molar-refractivity contribution in [3.63, 3.8) is 0 Å². The van der Waals surface area contributed by atoms with E-state index in [1.165, 1.54) is 28.9 Å². The fourth-order valence-corrected chi connectivity index (χ4v) is 3.09. The third-order valence-electron chi connectivity index (χ3n) is 3.93. The van der Waals surface area contributed by atoms with E-state index in [1.54, 1.807) is 0 Å². The van der Waals surface area contributed by atoms with Crippen LogP contribution in [0.3, 0.4) is 0 Å². The van der Waals surface area contributed by atoms with Crippen LogP contribution in [-0.2, 0) is 0 Å². The van der Waals surface area contributed by atoms with E-state index in [4.69, 9.17) is 5.73 Å². The molecule has 0 aliphatic rings. The predicted octanol–water partition coefficient (Wildman–Crippen LogP) is 3.38. The average Bonchev–Trinajstić information content (AvgIpc) is 2.38. The van der Waals surface area contributed by atoms with Crippen molar-refractivity contribution in [2.45, 2.75) is 39.3 Å². The van der Waals surface area contributed by atoms with Crippen LogP contribution in [-0.4, -0.2) is 36.5 Å². The van der Waals surface area contributed by atoms with Crippen molar-refractivity contribution in [3.05, 3.63) is 34.9 Å². The Bertz CT molecular complexity index is 392. The second-order valence-corrected chi connectivity index (χ2v) is 6.39. The van der Waals surface area contributed by atoms with E-state index < -0.39 is 0 Å². The molecule has 2 nitrogen and oxygen atoms in total. The second-order valence-electron chi connectivity index (χ2n) is 5.41. The molecule has 0 aliphatic heterocycles. The SMILES string of the molecule is CSCCC(C)N(C)C(CN)c1ccc(C)cc1C. The molecule has 108 valence electrons. The summed E-state index contributed by atoms with van der Waals surface area (Å²) in [5.74, 6) is 1.20. The van der Waals surface area contributed by atoms with Gasteiger partial charge < -0.3 is 5.73 Å². The molecular formula is C16H28N2S. The Balaban J connectivity index is 2.86. The van der Waals surface area contributed by atoms with Crippen molar-refractivity contribution in [1.29, 1.82) is 0 Å². The summed E-state index contributed by atoms with van der Waals surface area (Å²) in [6.07, 6.45) is 3.37. The van der Waals surface area contributed by atoms with E-state index in [0.717, 1.165) is 0 Å². The van der Waals surface area contributed by atoms with Crippen LogP contribution in [0.4, 0.5) is 0 Å². The number of benzene rings is 1. The first-order valence-corrected chi connectivity index (χ1v) is 8.38. The summed E-state index contributed by atoms with van der Waals surface area (Å²) in [7, 11) is 2.20. The van der Waals surface area contributed by atoms with Gasteiger partial charge in [0, 0.05) is 18.6 Å². The van der Waals surface area contributed by atoms with E-state index in [9.17, 15) is 0 Å². The molecule has 0 radical (unpaired) electrons. The molecule has 0 aliphatic carbocycles. The summed E-state index contributed by atoms with van der Waals surface area (Å²) in [6, 6.07) is 7.54. The highest BCUT2D eigenvalue weighted by molar-refractivity contribution is 7.98. The van der Waals surface area contributed by atoms with E-state index in [2.05, 4.69) is 57.2 Å². The highest BCUT2D eigenvalue weighted by Gasteiger charge is 2.21. The molecule has 19 heavy (non-hydrogen) atoms. The molecule has 0 heterocycles. The number of hydrogen-bond donors (Lipinski definition) is 1. The molecule has 0 saturated heterocycles. The third-order valence-corrected chi connectivity index (χ3v) is 4.58. The molecule has 1 aromatic carbocycles. The van der Waals surface area contributed by atoms with Gasteiger partial charge in [-0.25, -0.2) is 0 Å². The summed E-state index contributed by atoms with van der Waals surface area (Å²) in [5.41, 5.74) is 10.1. The van der Waals surface area contributed by atoms with Gasteiger partial charge >= 0.3 is 0 Å². The summed E-state index contributed by atoms with van der Waals surface area (Å²) in [6.45, 7) is 7.29. The summed E-state index contributed by atoms with van der Waals surface area (Å²) >= 11 is 1.91. The molecule has 0 fully saturated rings. The number of thioether (sulfide) groups is 1. The van der Waals surface area contributed by atoms with Crippen LogP contribution < -0.4 is 5.73 Å². The van der Waals surface area contributed by atoms with Gasteiger partial charge in [0.15, 0.2) is 0 Å². The van der Waals surface area contributed by atoms with Crippen LogP contribution in [0.15, 0.2) is 18.2 Å². The molecule has 0 bridgehead atoms. The fourth-order valence-electron chi connectivity index (χ4n) is 2.51. The number of likely N-dealkylation sites (N-methyl/N-ethyl adjacent to an activating group) is 1. The molecule has 0 saturated carbocycles. The first-order chi connectivity index (χ1) is 9.01. The second kappa shape index (κ2) is 7.93. The maximum absolute atomic E-state index is 6.03. The van der Waals surface area contributed by atoms with Crippen molar-refractivity contribution < 1.29 is 0 Å². The molecule has 2 unspecified atom stereocenters. The van der Waals surface area contributed by atoms with Gasteiger partial charge in [-0.05, 0) is 57.4 Å². The molecule has 0 spiro atoms. The first-order valence-electron chi connectivity index (χ1n) is 6.99. The van der Waals surface area contributed by atoms with E-state index in [-0.39, 0.29) is 0 Å². The number of nitrogens with two attached hydrogens (primary N) is 1. The zero-order valence-electron chi connectivity index (χ0n) is 12.9. The zero-order chi connectivity index (χ0) is 14.4. The largest absolute Gasteiger partial charge is 0.329 e. The standard InChI is InChI=1S/C16H28N2S/c1-12-6-7-15(13(2)10-12)16(11-17)18(4)14(3)8-9-19-5/h6-7,10,14,16H,8-9,11,17H2,1-5H3. The number of aryl methyl sites for hydroxylation is 2. The molecule has 0 aromatic heterocycles. The van der Waals surface area contributed by atoms with E-state index in [0.29, 0.717) is 18.6 Å². The molecule has 2 N–H and O–H groups in total. The Morgan fingerprint density at radius 2 is 2.00 bits per heavy atom. The van der Waals surface area contributed by atoms with Crippen LogP contribution >= 0.6 is 11.8 Å². The Labute approximate surface area is 122 Å². The summed E-state index contributed by atoms with van der Waals surface area (Å²) in [5, 5.41) is 0. The third kappa shape index (κ3) is 4.51. The van der Waals surface area contributed by atoms with E-state index >= 15 is 0 Å². The molecule has 1 aromatic rings. The van der Waals surface area contributed by atoms with Gasteiger partial charge in [0.2, 0.25) is 0 Å². The molecule has 1 rings (SSSR count). The summed E-state index contributed by atoms with van der Waals surface area (Å²) in [4.78, 5) is 2.42. The van der Waals surface area contributed by atoms with E-state index in [1.807, 2.05) is 11.8 Å². The number of nitrogens with zero attached hydrogens (tertiary/aromatic N) is 1. The lowest BCUT2D eigenvalue weighted by molar-refractivity contribution is 0.185. The van der Waals surface area contributed by atoms with Gasteiger partial charge in [0.1, 0.15) is 0 Å². The van der Waals surface area contributed by atoms with Crippen molar-refractivity contribution in [2.24, 2.45) is 5.73 Å². The molecule has 0 amide bonds. The quantitative estimate of drug-likeness (QED) is 0.830. The van der Waals surface area contributed by atoms with Crippen molar-refractivity contribution in [2.75, 3.05) is 25.6 Å². The Morgan fingerprint density at radius 1 is 1.32 bits per heavy atom. The molecular weight excluding hydrogens is 252 g/mol. The Hall–Kier alpha value is -0.510. The minimum absolute atomic E-state index is 0.317. The number of rotatable bonds is 7. The maximum Gasteiger partial charge on any atom is 0.0472 e. The minimum atomic E-state index is 0.317.